The van der Waals surface area contributed by atoms with Crippen molar-refractivity contribution in [2.75, 3.05) is 0 Å². The summed E-state index contributed by atoms with van der Waals surface area (Å²) in [5.41, 5.74) is 7.02. The SMILES string of the molecule is N[C@H]1C[C@@H](Oc2cnc(-c3ccc(-n4ccnc4)cc3O)nn2)C1. The van der Waals surface area contributed by atoms with E-state index in [9.17, 15) is 5.11 Å². The van der Waals surface area contributed by atoms with Gasteiger partial charge in [0.2, 0.25) is 0 Å². The molecule has 1 aromatic carbocycles. The third-order valence-corrected chi connectivity index (χ3v) is 3.98. The number of hydrogen-bond acceptors (Lipinski definition) is 7. The van der Waals surface area contributed by atoms with Crippen molar-refractivity contribution >= 4 is 0 Å². The standard InChI is InChI=1S/C16H16N6O2/c17-10-5-12(6-10)24-15-8-19-16(21-20-15)13-2-1-11(7-14(13)23)22-4-3-18-9-22/h1-4,7-10,12,23H,5-6,17H2/t10-,12+. The van der Waals surface area contributed by atoms with E-state index in [-0.39, 0.29) is 17.9 Å². The van der Waals surface area contributed by atoms with Crippen molar-refractivity contribution in [3.05, 3.63) is 43.1 Å². The van der Waals surface area contributed by atoms with Crippen LogP contribution in [0.25, 0.3) is 17.1 Å². The van der Waals surface area contributed by atoms with Crippen LogP contribution in [-0.4, -0.2) is 42.0 Å². The van der Waals surface area contributed by atoms with Crippen molar-refractivity contribution in [2.24, 2.45) is 5.73 Å². The van der Waals surface area contributed by atoms with E-state index in [1.165, 1.54) is 6.20 Å². The van der Waals surface area contributed by atoms with Crippen molar-refractivity contribution in [3.8, 4) is 28.7 Å². The molecular formula is C16H16N6O2. The summed E-state index contributed by atoms with van der Waals surface area (Å²) in [5.74, 6) is 0.772. The minimum Gasteiger partial charge on any atom is -0.507 e. The number of benzene rings is 1. The molecule has 4 rings (SSSR count). The molecule has 0 unspecified atom stereocenters. The van der Waals surface area contributed by atoms with Gasteiger partial charge in [-0.2, -0.15) is 0 Å². The number of hydrogen-bond donors (Lipinski definition) is 2. The highest BCUT2D eigenvalue weighted by molar-refractivity contribution is 5.65. The summed E-state index contributed by atoms with van der Waals surface area (Å²) >= 11 is 0. The summed E-state index contributed by atoms with van der Waals surface area (Å²) < 4.78 is 7.42. The molecule has 8 nitrogen and oxygen atoms in total. The fraction of sp³-hybridized carbons (Fsp3) is 0.250. The Bertz CT molecular complexity index is 828. The lowest BCUT2D eigenvalue weighted by Gasteiger charge is -2.31. The predicted octanol–water partition coefficient (Wildman–Crippen LogP) is 1.30. The van der Waals surface area contributed by atoms with Gasteiger partial charge in [0.15, 0.2) is 5.82 Å². The van der Waals surface area contributed by atoms with Crippen molar-refractivity contribution in [2.45, 2.75) is 25.0 Å². The highest BCUT2D eigenvalue weighted by Crippen LogP contribution is 2.29. The molecule has 1 aliphatic rings. The van der Waals surface area contributed by atoms with E-state index >= 15 is 0 Å². The molecule has 122 valence electrons. The van der Waals surface area contributed by atoms with Gasteiger partial charge in [-0.15, -0.1) is 10.2 Å². The first-order chi connectivity index (χ1) is 11.7. The van der Waals surface area contributed by atoms with E-state index < -0.39 is 0 Å². The van der Waals surface area contributed by atoms with Crippen molar-refractivity contribution < 1.29 is 9.84 Å². The number of phenolic OH excluding ortho intramolecular Hbond substituents is 1. The van der Waals surface area contributed by atoms with Crippen LogP contribution < -0.4 is 10.5 Å². The Balaban J connectivity index is 1.53. The monoisotopic (exact) mass is 324 g/mol. The Morgan fingerprint density at radius 1 is 1.25 bits per heavy atom. The second kappa shape index (κ2) is 5.89. The average molecular weight is 324 g/mol. The summed E-state index contributed by atoms with van der Waals surface area (Å²) in [6, 6.07) is 5.43. The molecule has 0 saturated heterocycles. The second-order valence-electron chi connectivity index (χ2n) is 5.76. The molecule has 0 radical (unpaired) electrons. The molecule has 3 aromatic rings. The molecule has 1 fully saturated rings. The third kappa shape index (κ3) is 2.79. The molecule has 0 spiro atoms. The summed E-state index contributed by atoms with van der Waals surface area (Å²) in [4.78, 5) is 8.21. The van der Waals surface area contributed by atoms with Gasteiger partial charge in [-0.25, -0.2) is 9.97 Å². The van der Waals surface area contributed by atoms with Crippen LogP contribution >= 0.6 is 0 Å². The molecular weight excluding hydrogens is 308 g/mol. The number of nitrogens with zero attached hydrogens (tertiary/aromatic N) is 5. The van der Waals surface area contributed by atoms with Crippen molar-refractivity contribution in [1.82, 2.24) is 24.7 Å². The zero-order valence-electron chi connectivity index (χ0n) is 12.8. The van der Waals surface area contributed by atoms with Gasteiger partial charge in [0.05, 0.1) is 23.8 Å². The number of ether oxygens (including phenoxy) is 1. The molecule has 2 heterocycles. The van der Waals surface area contributed by atoms with Gasteiger partial charge in [0, 0.05) is 24.5 Å². The third-order valence-electron chi connectivity index (χ3n) is 3.98. The maximum Gasteiger partial charge on any atom is 0.252 e. The van der Waals surface area contributed by atoms with Gasteiger partial charge in [-0.1, -0.05) is 0 Å². The number of phenols is 1. The van der Waals surface area contributed by atoms with Gasteiger partial charge < -0.3 is 20.1 Å². The van der Waals surface area contributed by atoms with E-state index in [2.05, 4.69) is 20.2 Å². The minimum absolute atomic E-state index is 0.0710. The molecule has 0 atom stereocenters. The molecule has 24 heavy (non-hydrogen) atoms. The molecule has 8 heteroatoms. The highest BCUT2D eigenvalue weighted by atomic mass is 16.5. The molecule has 2 aromatic heterocycles. The Kier molecular flexibility index (Phi) is 3.58. The van der Waals surface area contributed by atoms with Crippen LogP contribution in [0.4, 0.5) is 0 Å². The van der Waals surface area contributed by atoms with Gasteiger partial charge in [0.25, 0.3) is 5.88 Å². The summed E-state index contributed by atoms with van der Waals surface area (Å²) in [6.45, 7) is 0. The van der Waals surface area contributed by atoms with Crippen LogP contribution in [-0.2, 0) is 0 Å². The maximum atomic E-state index is 10.2. The lowest BCUT2D eigenvalue weighted by atomic mass is 9.90. The number of aromatic hydroxyl groups is 1. The van der Waals surface area contributed by atoms with E-state index in [0.717, 1.165) is 18.5 Å². The first kappa shape index (κ1) is 14.6. The molecule has 3 N–H and O–H groups in total. The number of nitrogens with two attached hydrogens (primary N) is 1. The summed E-state index contributed by atoms with van der Waals surface area (Å²) in [7, 11) is 0. The molecule has 0 aliphatic heterocycles. The minimum atomic E-state index is 0.0710. The van der Waals surface area contributed by atoms with E-state index in [4.69, 9.17) is 10.5 Å². The zero-order chi connectivity index (χ0) is 16.5. The van der Waals surface area contributed by atoms with Crippen LogP contribution in [0.5, 0.6) is 11.6 Å². The molecule has 1 aliphatic carbocycles. The highest BCUT2D eigenvalue weighted by Gasteiger charge is 2.28. The predicted molar refractivity (Wildman–Crippen MR) is 85.7 cm³/mol. The van der Waals surface area contributed by atoms with E-state index in [0.29, 0.717) is 17.3 Å². The Morgan fingerprint density at radius 3 is 2.75 bits per heavy atom. The van der Waals surface area contributed by atoms with Crippen LogP contribution in [0, 0.1) is 0 Å². The first-order valence-electron chi connectivity index (χ1n) is 7.63. The maximum absolute atomic E-state index is 10.2. The number of aromatic nitrogens is 5. The van der Waals surface area contributed by atoms with Gasteiger partial charge in [-0.3, -0.25) is 0 Å². The Morgan fingerprint density at radius 2 is 2.12 bits per heavy atom. The van der Waals surface area contributed by atoms with E-state index in [1.54, 1.807) is 35.4 Å². The van der Waals surface area contributed by atoms with Crippen LogP contribution in [0.3, 0.4) is 0 Å². The van der Waals surface area contributed by atoms with Crippen LogP contribution in [0.1, 0.15) is 12.8 Å². The number of rotatable bonds is 4. The fourth-order valence-corrected chi connectivity index (χ4v) is 2.60. The van der Waals surface area contributed by atoms with Crippen LogP contribution in [0.2, 0.25) is 0 Å². The summed E-state index contributed by atoms with van der Waals surface area (Å²) in [6.07, 6.45) is 8.36. The Labute approximate surface area is 138 Å². The lowest BCUT2D eigenvalue weighted by molar-refractivity contribution is 0.0942. The molecule has 1 saturated carbocycles. The van der Waals surface area contributed by atoms with Crippen molar-refractivity contribution in [1.29, 1.82) is 0 Å². The normalized spacial score (nSPS) is 19.7. The van der Waals surface area contributed by atoms with Gasteiger partial charge in [0.1, 0.15) is 11.9 Å². The second-order valence-corrected chi connectivity index (χ2v) is 5.76. The smallest absolute Gasteiger partial charge is 0.252 e. The number of imidazole rings is 1. The van der Waals surface area contributed by atoms with E-state index in [1.807, 2.05) is 6.07 Å². The van der Waals surface area contributed by atoms with Gasteiger partial charge in [-0.05, 0) is 25.0 Å². The fourth-order valence-electron chi connectivity index (χ4n) is 2.60. The van der Waals surface area contributed by atoms with Crippen LogP contribution in [0.15, 0.2) is 43.1 Å². The Hall–Kier alpha value is -3.00. The summed E-state index contributed by atoms with van der Waals surface area (Å²) in [5, 5.41) is 18.3. The zero-order valence-corrected chi connectivity index (χ0v) is 12.8. The quantitative estimate of drug-likeness (QED) is 0.743. The average Bonchev–Trinajstić information content (AvgIpc) is 3.09. The topological polar surface area (TPSA) is 112 Å². The molecule has 0 bridgehead atoms. The van der Waals surface area contributed by atoms with Gasteiger partial charge >= 0.3 is 0 Å². The first-order valence-corrected chi connectivity index (χ1v) is 7.63. The lowest BCUT2D eigenvalue weighted by Crippen LogP contribution is -2.43. The van der Waals surface area contributed by atoms with Crippen molar-refractivity contribution in [3.63, 3.8) is 0 Å². The largest absolute Gasteiger partial charge is 0.507 e. The molecule has 0 amide bonds.